The minimum Gasteiger partial charge on any atom is -0.378 e. The van der Waals surface area contributed by atoms with Gasteiger partial charge < -0.3 is 4.90 Å². The molecule has 4 aromatic carbocycles. The van der Waals surface area contributed by atoms with E-state index < -0.39 is 5.92 Å². The number of hydrogen-bond donors (Lipinski definition) is 0. The van der Waals surface area contributed by atoms with E-state index in [4.69, 9.17) is 33.2 Å². The average molecular weight is 637 g/mol. The second kappa shape index (κ2) is 11.2. The fraction of sp³-hybridized carbons (Fsp3) is 0.0882. The van der Waals surface area contributed by atoms with Crippen molar-refractivity contribution in [2.75, 3.05) is 23.9 Å². The molecule has 0 spiro atoms. The molecule has 0 saturated heterocycles. The van der Waals surface area contributed by atoms with Crippen LogP contribution >= 0.6 is 46.3 Å². The van der Waals surface area contributed by atoms with Crippen molar-refractivity contribution in [3.05, 3.63) is 134 Å². The van der Waals surface area contributed by atoms with E-state index in [1.54, 1.807) is 29.2 Å². The molecular weight excluding hydrogens is 613 g/mol. The Morgan fingerprint density at radius 2 is 1.74 bits per heavy atom. The Labute approximate surface area is 268 Å². The molecule has 5 aromatic rings. The van der Waals surface area contributed by atoms with Gasteiger partial charge in [-0.05, 0) is 59.7 Å². The lowest BCUT2D eigenvalue weighted by molar-refractivity contribution is 0.943. The van der Waals surface area contributed by atoms with Crippen LogP contribution in [-0.4, -0.2) is 25.3 Å². The van der Waals surface area contributed by atoms with Gasteiger partial charge in [-0.2, -0.15) is 5.26 Å². The molecule has 0 fully saturated rings. The smallest absolute Gasteiger partial charge is 0.145 e. The van der Waals surface area contributed by atoms with E-state index >= 15 is 0 Å². The van der Waals surface area contributed by atoms with Gasteiger partial charge in [-0.25, -0.2) is 9.98 Å². The van der Waals surface area contributed by atoms with Gasteiger partial charge in [-0.3, -0.25) is 4.90 Å². The zero-order chi connectivity index (χ0) is 29.7. The molecule has 0 N–H and O–H groups in total. The largest absolute Gasteiger partial charge is 0.378 e. The van der Waals surface area contributed by atoms with Gasteiger partial charge in [0.2, 0.25) is 0 Å². The van der Waals surface area contributed by atoms with Gasteiger partial charge in [-0.15, -0.1) is 11.3 Å². The number of aliphatic imine (C=N–C) groups is 1. The van der Waals surface area contributed by atoms with Gasteiger partial charge in [0.1, 0.15) is 15.9 Å². The minimum absolute atomic E-state index is 0.487. The van der Waals surface area contributed by atoms with Crippen LogP contribution in [0.15, 0.2) is 117 Å². The molecule has 0 radical (unpaired) electrons. The number of para-hydroxylation sites is 2. The number of benzene rings is 4. The van der Waals surface area contributed by atoms with E-state index in [1.807, 2.05) is 62.8 Å². The van der Waals surface area contributed by atoms with E-state index in [0.717, 1.165) is 53.2 Å². The molecule has 2 aliphatic rings. The molecule has 0 saturated carbocycles. The minimum atomic E-state index is -0.508. The molecule has 2 aliphatic heterocycles. The first-order chi connectivity index (χ1) is 20.9. The number of anilines is 2. The van der Waals surface area contributed by atoms with E-state index in [1.165, 1.54) is 0 Å². The molecule has 0 aliphatic carbocycles. The summed E-state index contributed by atoms with van der Waals surface area (Å²) in [6, 6.07) is 32.5. The number of fused-ring (bicyclic) bond motifs is 4. The van der Waals surface area contributed by atoms with Crippen LogP contribution in [0.25, 0.3) is 15.8 Å². The summed E-state index contributed by atoms with van der Waals surface area (Å²) in [4.78, 5) is 15.5. The molecule has 7 rings (SSSR count). The molecule has 5 nitrogen and oxygen atoms in total. The lowest BCUT2D eigenvalue weighted by atomic mass is 9.83. The number of hydrogen-bond acceptors (Lipinski definition) is 7. The highest BCUT2D eigenvalue weighted by Gasteiger charge is 2.43. The predicted octanol–water partition coefficient (Wildman–Crippen LogP) is 9.60. The number of rotatable bonds is 5. The first-order valence-corrected chi connectivity index (χ1v) is 15.9. The quantitative estimate of drug-likeness (QED) is 0.180. The summed E-state index contributed by atoms with van der Waals surface area (Å²) in [7, 11) is 4.04. The molecule has 210 valence electrons. The van der Waals surface area contributed by atoms with Gasteiger partial charge in [-0.1, -0.05) is 77.4 Å². The summed E-state index contributed by atoms with van der Waals surface area (Å²) in [6.45, 7) is 0. The maximum Gasteiger partial charge on any atom is 0.145 e. The van der Waals surface area contributed by atoms with Crippen LogP contribution in [-0.2, 0) is 0 Å². The lowest BCUT2D eigenvalue weighted by Crippen LogP contribution is -2.27. The third-order valence-corrected chi connectivity index (χ3v) is 10.2. The molecule has 3 heterocycles. The van der Waals surface area contributed by atoms with Gasteiger partial charge >= 0.3 is 0 Å². The molecule has 0 unspecified atom stereocenters. The van der Waals surface area contributed by atoms with Crippen molar-refractivity contribution >= 4 is 79.7 Å². The van der Waals surface area contributed by atoms with Crippen molar-refractivity contribution in [2.45, 2.75) is 10.8 Å². The van der Waals surface area contributed by atoms with Crippen LogP contribution in [0.3, 0.4) is 0 Å². The lowest BCUT2D eigenvalue weighted by Gasteiger charge is -2.33. The van der Waals surface area contributed by atoms with Crippen molar-refractivity contribution in [3.8, 4) is 6.07 Å². The van der Waals surface area contributed by atoms with Crippen molar-refractivity contribution in [1.82, 2.24) is 4.98 Å². The highest BCUT2D eigenvalue weighted by molar-refractivity contribution is 8.03. The van der Waals surface area contributed by atoms with Crippen LogP contribution in [0.4, 0.5) is 11.4 Å². The molecule has 43 heavy (non-hydrogen) atoms. The third kappa shape index (κ3) is 4.91. The number of aromatic nitrogens is 1. The standard InChI is InChI=1S/C34H23Cl2N5S2/c1-40(2)22-14-11-20(12-15-22)19-38-32-31(33-39-26-7-3-5-9-28(26)42-33)30(23-16-13-21(35)17-25(23)36)24(18-37)34-41(32)27-8-4-6-10-29(27)43-34/h3-17,19,30H,1-2H3/t30-/m1/s1. The summed E-state index contributed by atoms with van der Waals surface area (Å²) in [5, 5.41) is 13.4. The van der Waals surface area contributed by atoms with Gasteiger partial charge in [0.05, 0.1) is 33.5 Å². The van der Waals surface area contributed by atoms with Crippen LogP contribution < -0.4 is 9.80 Å². The summed E-state index contributed by atoms with van der Waals surface area (Å²) in [5.41, 5.74) is 6.13. The molecular formula is C34H23Cl2N5S2. The van der Waals surface area contributed by atoms with E-state index in [9.17, 15) is 5.26 Å². The van der Waals surface area contributed by atoms with Crippen molar-refractivity contribution in [1.29, 1.82) is 5.26 Å². The van der Waals surface area contributed by atoms with Crippen molar-refractivity contribution in [3.63, 3.8) is 0 Å². The zero-order valence-corrected chi connectivity index (χ0v) is 26.3. The zero-order valence-electron chi connectivity index (χ0n) is 23.1. The molecule has 9 heteroatoms. The van der Waals surface area contributed by atoms with Gasteiger partial charge in [0.15, 0.2) is 0 Å². The number of nitriles is 1. The second-order valence-electron chi connectivity index (χ2n) is 10.3. The SMILES string of the molecule is CN(C)c1ccc(C=NC2=C(c3nc4ccccc4s3)[C@H](c3ccc(Cl)cc3Cl)C(C#N)=C3Sc4ccccc4N23)cc1. The van der Waals surface area contributed by atoms with E-state index in [2.05, 4.69) is 58.3 Å². The number of thiazole rings is 1. The number of allylic oxidation sites excluding steroid dienone is 2. The molecule has 0 bridgehead atoms. The summed E-state index contributed by atoms with van der Waals surface area (Å²) < 4.78 is 1.05. The first kappa shape index (κ1) is 27.8. The van der Waals surface area contributed by atoms with Crippen LogP contribution in [0.5, 0.6) is 0 Å². The number of halogens is 2. The Bertz CT molecular complexity index is 2000. The van der Waals surface area contributed by atoms with Crippen molar-refractivity contribution < 1.29 is 0 Å². The normalized spacial score (nSPS) is 16.2. The molecule has 0 amide bonds. The Morgan fingerprint density at radius 1 is 0.977 bits per heavy atom. The number of nitrogens with zero attached hydrogens (tertiary/aromatic N) is 5. The predicted molar refractivity (Wildman–Crippen MR) is 182 cm³/mol. The molecule has 1 aromatic heterocycles. The Morgan fingerprint density at radius 3 is 2.49 bits per heavy atom. The van der Waals surface area contributed by atoms with Gasteiger partial charge in [0.25, 0.3) is 0 Å². The maximum absolute atomic E-state index is 10.8. The van der Waals surface area contributed by atoms with Crippen LogP contribution in [0.1, 0.15) is 22.1 Å². The van der Waals surface area contributed by atoms with Crippen LogP contribution in [0, 0.1) is 11.3 Å². The molecule has 1 atom stereocenters. The Kier molecular flexibility index (Phi) is 7.24. The fourth-order valence-electron chi connectivity index (χ4n) is 5.38. The highest BCUT2D eigenvalue weighted by atomic mass is 35.5. The Hall–Kier alpha value is -4.06. The third-order valence-electron chi connectivity index (χ3n) is 7.44. The fourth-order valence-corrected chi connectivity index (χ4v) is 8.10. The number of thioether (sulfide) groups is 1. The Balaban J connectivity index is 1.53. The van der Waals surface area contributed by atoms with E-state index in [-0.39, 0.29) is 0 Å². The topological polar surface area (TPSA) is 55.5 Å². The van der Waals surface area contributed by atoms with Crippen LogP contribution in [0.2, 0.25) is 10.0 Å². The monoisotopic (exact) mass is 635 g/mol. The average Bonchev–Trinajstić information content (AvgIpc) is 3.61. The first-order valence-electron chi connectivity index (χ1n) is 13.5. The highest BCUT2D eigenvalue weighted by Crippen LogP contribution is 2.58. The summed E-state index contributed by atoms with van der Waals surface area (Å²) >= 11 is 16.4. The van der Waals surface area contributed by atoms with Crippen molar-refractivity contribution in [2.24, 2.45) is 4.99 Å². The maximum atomic E-state index is 10.8. The van der Waals surface area contributed by atoms with Gasteiger partial charge in [0, 0.05) is 46.5 Å². The van der Waals surface area contributed by atoms with E-state index in [0.29, 0.717) is 21.4 Å². The second-order valence-corrected chi connectivity index (χ2v) is 13.2. The summed E-state index contributed by atoms with van der Waals surface area (Å²) in [6.07, 6.45) is 1.88. The summed E-state index contributed by atoms with van der Waals surface area (Å²) in [5.74, 6) is 0.199.